The number of ketones is 1. The van der Waals surface area contributed by atoms with E-state index in [9.17, 15) is 9.59 Å². The standard InChI is InChI=1S/C17H22N2O4/c1-12(20)18-14(11-19-6-2-3-7-19)17(21)13-4-5-15-16(10-13)23-9-8-22-15/h4-5,10,14H,2-3,6-9,11H2,1H3,(H,18,20)/t14-/m1/s1. The summed E-state index contributed by atoms with van der Waals surface area (Å²) in [5.41, 5.74) is 0.534. The zero-order valence-electron chi connectivity index (χ0n) is 13.3. The summed E-state index contributed by atoms with van der Waals surface area (Å²) >= 11 is 0. The molecule has 1 aromatic rings. The van der Waals surface area contributed by atoms with E-state index in [2.05, 4.69) is 10.2 Å². The first kappa shape index (κ1) is 15.8. The maximum absolute atomic E-state index is 12.8. The third-order valence-electron chi connectivity index (χ3n) is 4.16. The minimum atomic E-state index is -0.534. The molecule has 1 atom stereocenters. The van der Waals surface area contributed by atoms with Gasteiger partial charge in [-0.1, -0.05) is 0 Å². The first-order valence-corrected chi connectivity index (χ1v) is 8.07. The molecule has 1 fully saturated rings. The van der Waals surface area contributed by atoms with Gasteiger partial charge in [0.25, 0.3) is 0 Å². The van der Waals surface area contributed by atoms with Crippen molar-refractivity contribution in [3.63, 3.8) is 0 Å². The van der Waals surface area contributed by atoms with Crippen molar-refractivity contribution in [3.05, 3.63) is 23.8 Å². The maximum Gasteiger partial charge on any atom is 0.217 e. The van der Waals surface area contributed by atoms with Crippen LogP contribution in [0.5, 0.6) is 11.5 Å². The second-order valence-electron chi connectivity index (χ2n) is 5.98. The molecule has 6 nitrogen and oxygen atoms in total. The lowest BCUT2D eigenvalue weighted by Crippen LogP contribution is -2.47. The molecule has 0 saturated carbocycles. The summed E-state index contributed by atoms with van der Waals surface area (Å²) in [5, 5.41) is 2.78. The van der Waals surface area contributed by atoms with Crippen molar-refractivity contribution >= 4 is 11.7 Å². The van der Waals surface area contributed by atoms with Crippen LogP contribution >= 0.6 is 0 Å². The van der Waals surface area contributed by atoms with E-state index in [0.717, 1.165) is 25.9 Å². The molecule has 2 aliphatic heterocycles. The Morgan fingerprint density at radius 1 is 1.17 bits per heavy atom. The van der Waals surface area contributed by atoms with Gasteiger partial charge in [-0.05, 0) is 44.1 Å². The normalized spacial score (nSPS) is 18.5. The Morgan fingerprint density at radius 3 is 2.57 bits per heavy atom. The molecule has 0 aromatic heterocycles. The third-order valence-corrected chi connectivity index (χ3v) is 4.16. The first-order valence-electron chi connectivity index (χ1n) is 8.07. The zero-order valence-corrected chi connectivity index (χ0v) is 13.3. The highest BCUT2D eigenvalue weighted by molar-refractivity contribution is 6.02. The molecule has 0 spiro atoms. The van der Waals surface area contributed by atoms with Crippen LogP contribution in [-0.2, 0) is 4.79 Å². The molecule has 0 unspecified atom stereocenters. The van der Waals surface area contributed by atoms with E-state index < -0.39 is 6.04 Å². The molecule has 1 saturated heterocycles. The number of rotatable bonds is 5. The van der Waals surface area contributed by atoms with Crippen LogP contribution in [0.2, 0.25) is 0 Å². The number of hydrogen-bond donors (Lipinski definition) is 1. The number of carbonyl (C=O) groups excluding carboxylic acids is 2. The molecule has 23 heavy (non-hydrogen) atoms. The fourth-order valence-corrected chi connectivity index (χ4v) is 3.06. The lowest BCUT2D eigenvalue weighted by Gasteiger charge is -2.24. The molecule has 2 heterocycles. The first-order chi connectivity index (χ1) is 11.1. The number of Topliss-reactive ketones (excluding diaryl/α,β-unsaturated/α-hetero) is 1. The van der Waals surface area contributed by atoms with Crippen molar-refractivity contribution in [2.45, 2.75) is 25.8 Å². The van der Waals surface area contributed by atoms with Crippen LogP contribution in [0.1, 0.15) is 30.1 Å². The molecule has 124 valence electrons. The summed E-state index contributed by atoms with van der Waals surface area (Å²) in [4.78, 5) is 26.5. The minimum absolute atomic E-state index is 0.0935. The fourth-order valence-electron chi connectivity index (χ4n) is 3.06. The quantitative estimate of drug-likeness (QED) is 0.827. The molecule has 1 amide bonds. The Bertz CT molecular complexity index is 596. The molecule has 0 radical (unpaired) electrons. The number of amides is 1. The van der Waals surface area contributed by atoms with Gasteiger partial charge in [0.15, 0.2) is 17.3 Å². The van der Waals surface area contributed by atoms with Crippen LogP contribution in [0.25, 0.3) is 0 Å². The second-order valence-corrected chi connectivity index (χ2v) is 5.98. The van der Waals surface area contributed by atoms with Gasteiger partial charge in [-0.25, -0.2) is 0 Å². The smallest absolute Gasteiger partial charge is 0.217 e. The molecule has 3 rings (SSSR count). The minimum Gasteiger partial charge on any atom is -0.486 e. The number of ether oxygens (including phenoxy) is 2. The molecular weight excluding hydrogens is 296 g/mol. The second kappa shape index (κ2) is 7.00. The topological polar surface area (TPSA) is 67.9 Å². The van der Waals surface area contributed by atoms with E-state index in [4.69, 9.17) is 9.47 Å². The van der Waals surface area contributed by atoms with Crippen LogP contribution in [-0.4, -0.2) is 55.5 Å². The van der Waals surface area contributed by atoms with Crippen molar-refractivity contribution in [1.29, 1.82) is 0 Å². The van der Waals surface area contributed by atoms with E-state index in [1.807, 2.05) is 0 Å². The lowest BCUT2D eigenvalue weighted by atomic mass is 10.0. The number of hydrogen-bond acceptors (Lipinski definition) is 5. The summed E-state index contributed by atoms with van der Waals surface area (Å²) < 4.78 is 11.0. The highest BCUT2D eigenvalue weighted by Crippen LogP contribution is 2.31. The summed E-state index contributed by atoms with van der Waals surface area (Å²) in [6.07, 6.45) is 2.29. The highest BCUT2D eigenvalue weighted by atomic mass is 16.6. The van der Waals surface area contributed by atoms with Gasteiger partial charge in [0, 0.05) is 19.0 Å². The third kappa shape index (κ3) is 3.82. The Balaban J connectivity index is 1.77. The van der Waals surface area contributed by atoms with Gasteiger partial charge in [-0.3, -0.25) is 9.59 Å². The lowest BCUT2D eigenvalue weighted by molar-refractivity contribution is -0.119. The maximum atomic E-state index is 12.8. The van der Waals surface area contributed by atoms with Gasteiger partial charge in [-0.15, -0.1) is 0 Å². The fraction of sp³-hybridized carbons (Fsp3) is 0.529. The molecule has 1 N–H and O–H groups in total. The van der Waals surface area contributed by atoms with Crippen LogP contribution in [0, 0.1) is 0 Å². The molecule has 0 aliphatic carbocycles. The molecule has 6 heteroatoms. The average molecular weight is 318 g/mol. The van der Waals surface area contributed by atoms with Crippen molar-refractivity contribution in [2.24, 2.45) is 0 Å². The number of benzene rings is 1. The molecule has 2 aliphatic rings. The largest absolute Gasteiger partial charge is 0.486 e. The SMILES string of the molecule is CC(=O)N[C@H](CN1CCCC1)C(=O)c1ccc2c(c1)OCCO2. The van der Waals surface area contributed by atoms with E-state index >= 15 is 0 Å². The molecular formula is C17H22N2O4. The summed E-state index contributed by atoms with van der Waals surface area (Å²) in [5.74, 6) is 0.956. The van der Waals surface area contributed by atoms with Crippen molar-refractivity contribution in [2.75, 3.05) is 32.8 Å². The Kier molecular flexibility index (Phi) is 4.81. The van der Waals surface area contributed by atoms with Crippen LogP contribution in [0.15, 0.2) is 18.2 Å². The van der Waals surface area contributed by atoms with Gasteiger partial charge in [0.2, 0.25) is 5.91 Å². The Labute approximate surface area is 135 Å². The van der Waals surface area contributed by atoms with Gasteiger partial charge in [-0.2, -0.15) is 0 Å². The molecule has 1 aromatic carbocycles. The number of nitrogens with zero attached hydrogens (tertiary/aromatic N) is 1. The van der Waals surface area contributed by atoms with Crippen molar-refractivity contribution in [3.8, 4) is 11.5 Å². The summed E-state index contributed by atoms with van der Waals surface area (Å²) in [6, 6.07) is 4.65. The zero-order chi connectivity index (χ0) is 16.2. The van der Waals surface area contributed by atoms with E-state index in [1.165, 1.54) is 6.92 Å². The van der Waals surface area contributed by atoms with E-state index in [-0.39, 0.29) is 11.7 Å². The van der Waals surface area contributed by atoms with Gasteiger partial charge < -0.3 is 19.7 Å². The monoisotopic (exact) mass is 318 g/mol. The van der Waals surface area contributed by atoms with Gasteiger partial charge in [0.05, 0.1) is 0 Å². The number of nitrogens with one attached hydrogen (secondary N) is 1. The van der Waals surface area contributed by atoms with E-state index in [0.29, 0.717) is 36.8 Å². The predicted octanol–water partition coefficient (Wildman–Crippen LogP) is 1.24. The van der Waals surface area contributed by atoms with Crippen LogP contribution < -0.4 is 14.8 Å². The van der Waals surface area contributed by atoms with Crippen molar-refractivity contribution < 1.29 is 19.1 Å². The van der Waals surface area contributed by atoms with Gasteiger partial charge in [0.1, 0.15) is 19.3 Å². The van der Waals surface area contributed by atoms with Gasteiger partial charge >= 0.3 is 0 Å². The van der Waals surface area contributed by atoms with E-state index in [1.54, 1.807) is 18.2 Å². The number of carbonyl (C=O) groups is 2. The summed E-state index contributed by atoms with van der Waals surface area (Å²) in [7, 11) is 0. The Hall–Kier alpha value is -2.08. The summed E-state index contributed by atoms with van der Waals surface area (Å²) in [6.45, 7) is 4.94. The average Bonchev–Trinajstić information content (AvgIpc) is 3.06. The molecule has 0 bridgehead atoms. The number of likely N-dealkylation sites (tertiary alicyclic amines) is 1. The van der Waals surface area contributed by atoms with Crippen LogP contribution in [0.4, 0.5) is 0 Å². The van der Waals surface area contributed by atoms with Crippen LogP contribution in [0.3, 0.4) is 0 Å². The predicted molar refractivity (Wildman–Crippen MR) is 85.0 cm³/mol. The number of fused-ring (bicyclic) bond motifs is 1. The highest BCUT2D eigenvalue weighted by Gasteiger charge is 2.26. The Morgan fingerprint density at radius 2 is 1.87 bits per heavy atom. The van der Waals surface area contributed by atoms with Crippen molar-refractivity contribution in [1.82, 2.24) is 10.2 Å².